The van der Waals surface area contributed by atoms with Gasteiger partial charge < -0.3 is 0 Å². The van der Waals surface area contributed by atoms with E-state index in [0.717, 1.165) is 6.42 Å². The predicted octanol–water partition coefficient (Wildman–Crippen LogP) is 5.59. The van der Waals surface area contributed by atoms with Crippen LogP contribution in [-0.4, -0.2) is 3.26 Å². The van der Waals surface area contributed by atoms with E-state index in [1.54, 1.807) is 0 Å². The van der Waals surface area contributed by atoms with Crippen LogP contribution in [0.5, 0.6) is 0 Å². The van der Waals surface area contributed by atoms with Crippen LogP contribution >= 0.6 is 28.5 Å². The van der Waals surface area contributed by atoms with Crippen molar-refractivity contribution >= 4 is 31.7 Å². The summed E-state index contributed by atoms with van der Waals surface area (Å²) >= 11 is -0.766. The molecule has 1 aromatic heterocycles. The Balaban J connectivity index is 2.31. The molecule has 4 heteroatoms. The Morgan fingerprint density at radius 2 is 1.84 bits per heavy atom. The van der Waals surface area contributed by atoms with Gasteiger partial charge in [-0.05, 0) is 0 Å². The summed E-state index contributed by atoms with van der Waals surface area (Å²) in [6.45, 7) is 2.22. The van der Waals surface area contributed by atoms with Crippen molar-refractivity contribution in [3.63, 3.8) is 0 Å². The summed E-state index contributed by atoms with van der Waals surface area (Å²) in [5.41, 5.74) is 1.19. The average molecular weight is 478 g/mol. The zero-order valence-electron chi connectivity index (χ0n) is 10.8. The quantitative estimate of drug-likeness (QED) is 0.493. The van der Waals surface area contributed by atoms with Crippen LogP contribution in [0, 0.1) is 0 Å². The van der Waals surface area contributed by atoms with Crippen LogP contribution in [0.4, 0.5) is 0 Å². The van der Waals surface area contributed by atoms with Gasteiger partial charge in [-0.2, -0.15) is 0 Å². The number of rotatable bonds is 5. The summed E-state index contributed by atoms with van der Waals surface area (Å²) in [7, 11) is 12.7. The van der Waals surface area contributed by atoms with Gasteiger partial charge in [0.2, 0.25) is 0 Å². The van der Waals surface area contributed by atoms with E-state index in [4.69, 9.17) is 17.2 Å². The molecule has 19 heavy (non-hydrogen) atoms. The van der Waals surface area contributed by atoms with Crippen molar-refractivity contribution in [3.8, 4) is 0 Å². The van der Waals surface area contributed by atoms with E-state index in [0.29, 0.717) is 0 Å². The van der Waals surface area contributed by atoms with E-state index >= 15 is 0 Å². The van der Waals surface area contributed by atoms with E-state index < -0.39 is 18.6 Å². The van der Waals surface area contributed by atoms with Gasteiger partial charge in [-0.25, -0.2) is 0 Å². The van der Waals surface area contributed by atoms with Crippen LogP contribution in [0.2, 0.25) is 0 Å². The maximum atomic E-state index is 6.37. The molecule has 0 aliphatic heterocycles. The van der Waals surface area contributed by atoms with E-state index in [1.165, 1.54) is 31.4 Å². The molecule has 1 heterocycles. The van der Waals surface area contributed by atoms with E-state index in [1.807, 2.05) is 29.5 Å². The van der Waals surface area contributed by atoms with Gasteiger partial charge in [0.05, 0.1) is 0 Å². The molecule has 0 N–H and O–H groups in total. The predicted molar refractivity (Wildman–Crippen MR) is 84.3 cm³/mol. The Kier molecular flexibility index (Phi) is 6.48. The fraction of sp³-hybridized carbons (Fsp3) is 0.267. The van der Waals surface area contributed by atoms with Crippen molar-refractivity contribution in [2.24, 2.45) is 0 Å². The molecule has 0 unspecified atom stereocenters. The topological polar surface area (TPSA) is 0 Å². The van der Waals surface area contributed by atoms with Crippen molar-refractivity contribution < 1.29 is 18.6 Å². The number of thiophene rings is 1. The fourth-order valence-corrected chi connectivity index (χ4v) is 11.1. The van der Waals surface area contributed by atoms with Crippen molar-refractivity contribution in [1.82, 2.24) is 0 Å². The monoisotopic (exact) mass is 478 g/mol. The van der Waals surface area contributed by atoms with Gasteiger partial charge in [0.1, 0.15) is 0 Å². The van der Waals surface area contributed by atoms with E-state index in [-0.39, 0.29) is 0 Å². The van der Waals surface area contributed by atoms with Crippen molar-refractivity contribution in [1.29, 1.82) is 0 Å². The van der Waals surface area contributed by atoms with Crippen molar-refractivity contribution in [2.45, 2.75) is 26.2 Å². The Morgan fingerprint density at radius 1 is 1.11 bits per heavy atom. The zero-order chi connectivity index (χ0) is 13.7. The molecule has 0 saturated carbocycles. The first-order chi connectivity index (χ1) is 9.22. The summed E-state index contributed by atoms with van der Waals surface area (Å²) in [4.78, 5) is 2.70. The van der Waals surface area contributed by atoms with Gasteiger partial charge in [-0.15, -0.1) is 0 Å². The second-order valence-electron chi connectivity index (χ2n) is 4.37. The molecule has 0 saturated heterocycles. The number of aryl methyl sites for hydroxylation is 1. The van der Waals surface area contributed by atoms with Crippen LogP contribution < -0.4 is 0 Å². The fourth-order valence-electron chi connectivity index (χ4n) is 1.95. The first-order valence-corrected chi connectivity index (χ1v) is 17.9. The third-order valence-corrected chi connectivity index (χ3v) is 11.2. The Bertz CT molecular complexity index is 557. The summed E-state index contributed by atoms with van der Waals surface area (Å²) in [5.74, 6) is 0. The molecule has 0 radical (unpaired) electrons. The first kappa shape index (κ1) is 15.6. The number of benzene rings is 1. The normalized spacial score (nSPS) is 10.5. The molecule has 2 aromatic rings. The van der Waals surface area contributed by atoms with Crippen LogP contribution in [0.1, 0.15) is 35.1 Å². The summed E-state index contributed by atoms with van der Waals surface area (Å²) in [5, 5.41) is 0. The molecule has 1 aromatic carbocycles. The van der Waals surface area contributed by atoms with Gasteiger partial charge in [-0.1, -0.05) is 0 Å². The molecule has 0 amide bonds. The first-order valence-electron chi connectivity index (χ1n) is 6.42. The molecule has 0 atom stereocenters. The van der Waals surface area contributed by atoms with Gasteiger partial charge in [-0.3, -0.25) is 0 Å². The van der Waals surface area contributed by atoms with Gasteiger partial charge >= 0.3 is 134 Å². The Hall–Kier alpha value is 0.240. The SMILES string of the molecule is CCCCc1ccc([C](c2ccccc2)=[Hf]([Cl])[Cl])s1. The molecule has 2 rings (SSSR count). The number of hydrogen-bond acceptors (Lipinski definition) is 1. The Morgan fingerprint density at radius 3 is 2.47 bits per heavy atom. The molecule has 0 bridgehead atoms. The second kappa shape index (κ2) is 7.87. The van der Waals surface area contributed by atoms with Crippen molar-refractivity contribution in [3.05, 3.63) is 57.8 Å². The second-order valence-corrected chi connectivity index (χ2v) is 17.0. The summed E-state index contributed by atoms with van der Waals surface area (Å²) < 4.78 is 1.22. The third kappa shape index (κ3) is 4.35. The van der Waals surface area contributed by atoms with Crippen LogP contribution in [0.15, 0.2) is 42.5 Å². The van der Waals surface area contributed by atoms with Crippen LogP contribution in [0.25, 0.3) is 0 Å². The number of unbranched alkanes of at least 4 members (excludes halogenated alkanes) is 1. The van der Waals surface area contributed by atoms with Gasteiger partial charge in [0.15, 0.2) is 0 Å². The average Bonchev–Trinajstić information content (AvgIpc) is 2.86. The maximum absolute atomic E-state index is 6.37. The molecule has 100 valence electrons. The summed E-state index contributed by atoms with van der Waals surface area (Å²) in [6, 6.07) is 14.7. The molecule has 0 aliphatic carbocycles. The zero-order valence-corrected chi connectivity index (χ0v) is 16.7. The van der Waals surface area contributed by atoms with Gasteiger partial charge in [0, 0.05) is 0 Å². The van der Waals surface area contributed by atoms with Gasteiger partial charge in [0.25, 0.3) is 0 Å². The minimum atomic E-state index is -2.62. The molecule has 0 nitrogen and oxygen atoms in total. The summed E-state index contributed by atoms with van der Waals surface area (Å²) in [6.07, 6.45) is 3.64. The molecule has 0 aliphatic rings. The molecule has 0 spiro atoms. The third-order valence-electron chi connectivity index (χ3n) is 2.94. The van der Waals surface area contributed by atoms with Crippen LogP contribution in [-0.2, 0) is 25.0 Å². The van der Waals surface area contributed by atoms with Crippen LogP contribution in [0.3, 0.4) is 0 Å². The van der Waals surface area contributed by atoms with Crippen molar-refractivity contribution in [2.75, 3.05) is 0 Å². The minimum absolute atomic E-state index is 1.16. The molecular weight excluding hydrogens is 462 g/mol. The van der Waals surface area contributed by atoms with E-state index in [9.17, 15) is 0 Å². The molecular formula is C15H16Cl2HfS. The number of halogens is 2. The standard InChI is InChI=1S/C15H16S.2ClH.Hf/c1-2-3-9-14-10-11-15(16-14)12-13-7-5-4-6-8-13;;;/h4-8,10-11H,2-3,9H2,1H3;2*1H;/q;;;+2/p-2. The van der Waals surface area contributed by atoms with E-state index in [2.05, 4.69) is 31.2 Å². The number of hydrogen-bond donors (Lipinski definition) is 0. The molecule has 0 fully saturated rings. The Labute approximate surface area is 133 Å².